The van der Waals surface area contributed by atoms with Crippen molar-refractivity contribution in [3.63, 3.8) is 0 Å². The van der Waals surface area contributed by atoms with Gasteiger partial charge in [0.2, 0.25) is 5.96 Å². The van der Waals surface area contributed by atoms with E-state index in [2.05, 4.69) is 43.1 Å². The monoisotopic (exact) mass is 419 g/mol. The van der Waals surface area contributed by atoms with Crippen molar-refractivity contribution in [2.75, 3.05) is 32.6 Å². The van der Waals surface area contributed by atoms with E-state index >= 15 is 0 Å². The molecule has 3 aromatic rings. The summed E-state index contributed by atoms with van der Waals surface area (Å²) in [6.07, 6.45) is 0. The van der Waals surface area contributed by atoms with Gasteiger partial charge in [0.15, 0.2) is 0 Å². The minimum absolute atomic E-state index is 0.740. The Morgan fingerprint density at radius 3 is 1.87 bits per heavy atom. The van der Waals surface area contributed by atoms with Gasteiger partial charge in [0.1, 0.15) is 17.2 Å². The maximum Gasteiger partial charge on any atom is 0.203 e. The molecule has 0 spiro atoms. The lowest BCUT2D eigenvalue weighted by atomic mass is 10.2. The molecule has 0 heterocycles. The fourth-order valence-corrected chi connectivity index (χ4v) is 2.94. The number of nitrogens with zero attached hydrogens (tertiary/aromatic N) is 2. The van der Waals surface area contributed by atoms with E-state index in [9.17, 15) is 0 Å². The third kappa shape index (κ3) is 7.37. The normalized spacial score (nSPS) is 10.5. The Morgan fingerprint density at radius 1 is 0.774 bits per heavy atom. The van der Waals surface area contributed by atoms with Crippen LogP contribution < -0.4 is 14.8 Å². The Balaban J connectivity index is 0.000000412. The highest BCUT2D eigenvalue weighted by Gasteiger charge is 2.12. The lowest BCUT2D eigenvalue weighted by Crippen LogP contribution is -2.36. The SMILES string of the molecule is CCN(CC)C(=Nc1ccccc1OC)Nc1ccccc1OC.Cc1ccccc1. The highest BCUT2D eigenvalue weighted by molar-refractivity contribution is 5.96. The summed E-state index contributed by atoms with van der Waals surface area (Å²) in [5.41, 5.74) is 2.98. The van der Waals surface area contributed by atoms with Gasteiger partial charge in [-0.05, 0) is 45.0 Å². The molecule has 0 bridgehead atoms. The Hall–Kier alpha value is -3.47. The summed E-state index contributed by atoms with van der Waals surface area (Å²) in [6, 6.07) is 25.8. The molecule has 164 valence electrons. The smallest absolute Gasteiger partial charge is 0.203 e. The number of aliphatic imine (C=N–C) groups is 1. The van der Waals surface area contributed by atoms with Crippen molar-refractivity contribution in [3.05, 3.63) is 84.4 Å². The van der Waals surface area contributed by atoms with Crippen LogP contribution in [0.5, 0.6) is 11.5 Å². The van der Waals surface area contributed by atoms with E-state index in [1.807, 2.05) is 66.7 Å². The van der Waals surface area contributed by atoms with Crippen LogP contribution in [0.2, 0.25) is 0 Å². The van der Waals surface area contributed by atoms with Crippen molar-refractivity contribution in [2.24, 2.45) is 4.99 Å². The van der Waals surface area contributed by atoms with E-state index in [1.165, 1.54) is 5.56 Å². The van der Waals surface area contributed by atoms with Gasteiger partial charge in [-0.25, -0.2) is 4.99 Å². The quantitative estimate of drug-likeness (QED) is 0.385. The van der Waals surface area contributed by atoms with Gasteiger partial charge >= 0.3 is 0 Å². The number of ether oxygens (including phenoxy) is 2. The van der Waals surface area contributed by atoms with Crippen molar-refractivity contribution in [2.45, 2.75) is 20.8 Å². The van der Waals surface area contributed by atoms with Gasteiger partial charge in [0.25, 0.3) is 0 Å². The molecular formula is C26H33N3O2. The van der Waals surface area contributed by atoms with Crippen LogP contribution in [0.15, 0.2) is 83.9 Å². The molecule has 5 nitrogen and oxygen atoms in total. The number of hydrogen-bond acceptors (Lipinski definition) is 3. The first kappa shape index (κ1) is 23.8. The van der Waals surface area contributed by atoms with Crippen LogP contribution in [0.4, 0.5) is 11.4 Å². The van der Waals surface area contributed by atoms with E-state index in [0.717, 1.165) is 41.9 Å². The fraction of sp³-hybridized carbons (Fsp3) is 0.269. The zero-order chi connectivity index (χ0) is 22.5. The minimum atomic E-state index is 0.740. The number of hydrogen-bond donors (Lipinski definition) is 1. The molecule has 0 aromatic heterocycles. The van der Waals surface area contributed by atoms with Gasteiger partial charge in [0, 0.05) is 13.1 Å². The molecule has 3 rings (SSSR count). The average Bonchev–Trinajstić information content (AvgIpc) is 2.81. The van der Waals surface area contributed by atoms with Gasteiger partial charge in [-0.3, -0.25) is 0 Å². The van der Waals surface area contributed by atoms with Crippen LogP contribution in [-0.4, -0.2) is 38.2 Å². The van der Waals surface area contributed by atoms with Gasteiger partial charge in [0.05, 0.1) is 19.9 Å². The molecule has 0 saturated heterocycles. The van der Waals surface area contributed by atoms with Gasteiger partial charge in [-0.2, -0.15) is 0 Å². The van der Waals surface area contributed by atoms with Crippen LogP contribution in [0.25, 0.3) is 0 Å². The van der Waals surface area contributed by atoms with E-state index in [0.29, 0.717) is 0 Å². The Morgan fingerprint density at radius 2 is 1.32 bits per heavy atom. The topological polar surface area (TPSA) is 46.1 Å². The molecule has 0 aliphatic rings. The first-order valence-corrected chi connectivity index (χ1v) is 10.5. The van der Waals surface area contributed by atoms with Crippen molar-refractivity contribution >= 4 is 17.3 Å². The maximum absolute atomic E-state index is 5.43. The summed E-state index contributed by atoms with van der Waals surface area (Å²) >= 11 is 0. The summed E-state index contributed by atoms with van der Waals surface area (Å²) in [6.45, 7) is 7.97. The molecule has 3 aromatic carbocycles. The Bertz CT molecular complexity index is 938. The molecule has 5 heteroatoms. The third-order valence-corrected chi connectivity index (χ3v) is 4.67. The van der Waals surface area contributed by atoms with E-state index in [1.54, 1.807) is 14.2 Å². The molecular weight excluding hydrogens is 386 g/mol. The second-order valence-corrected chi connectivity index (χ2v) is 6.76. The molecule has 1 N–H and O–H groups in total. The number of nitrogens with one attached hydrogen (secondary N) is 1. The number of para-hydroxylation sites is 4. The van der Waals surface area contributed by atoms with Crippen LogP contribution in [-0.2, 0) is 0 Å². The maximum atomic E-state index is 5.43. The highest BCUT2D eigenvalue weighted by Crippen LogP contribution is 2.28. The first-order chi connectivity index (χ1) is 15.1. The predicted molar refractivity (Wildman–Crippen MR) is 131 cm³/mol. The second kappa shape index (κ2) is 13.0. The van der Waals surface area contributed by atoms with Crippen molar-refractivity contribution in [1.29, 1.82) is 0 Å². The molecule has 0 radical (unpaired) electrons. The van der Waals surface area contributed by atoms with Crippen molar-refractivity contribution in [1.82, 2.24) is 4.90 Å². The number of anilines is 1. The van der Waals surface area contributed by atoms with Gasteiger partial charge < -0.3 is 19.7 Å². The summed E-state index contributed by atoms with van der Waals surface area (Å²) in [5, 5.41) is 3.40. The standard InChI is InChI=1S/C19H25N3O2.C7H8/c1-5-22(6-2)19(20-15-11-7-9-13-17(15)23-3)21-16-12-8-10-14-18(16)24-4;1-7-5-3-2-4-6-7/h7-14H,5-6H2,1-4H3,(H,20,21);2-6H,1H3. The van der Waals surface area contributed by atoms with Crippen LogP contribution >= 0.6 is 0 Å². The molecule has 0 saturated carbocycles. The average molecular weight is 420 g/mol. The Kier molecular flexibility index (Phi) is 9.95. The predicted octanol–water partition coefficient (Wildman–Crippen LogP) is 6.14. The fourth-order valence-electron chi connectivity index (χ4n) is 2.94. The lowest BCUT2D eigenvalue weighted by Gasteiger charge is -2.24. The second-order valence-electron chi connectivity index (χ2n) is 6.76. The van der Waals surface area contributed by atoms with E-state index in [-0.39, 0.29) is 0 Å². The van der Waals surface area contributed by atoms with Crippen molar-refractivity contribution in [3.8, 4) is 11.5 Å². The van der Waals surface area contributed by atoms with Crippen LogP contribution in [0.1, 0.15) is 19.4 Å². The van der Waals surface area contributed by atoms with E-state index < -0.39 is 0 Å². The zero-order valence-corrected chi connectivity index (χ0v) is 19.1. The summed E-state index contributed by atoms with van der Waals surface area (Å²) < 4.78 is 10.8. The van der Waals surface area contributed by atoms with Crippen molar-refractivity contribution < 1.29 is 9.47 Å². The Labute approximate surface area is 186 Å². The van der Waals surface area contributed by atoms with Crippen LogP contribution in [0, 0.1) is 6.92 Å². The van der Waals surface area contributed by atoms with E-state index in [4.69, 9.17) is 14.5 Å². The molecule has 0 aliphatic carbocycles. The number of aryl methyl sites for hydroxylation is 1. The molecule has 0 unspecified atom stereocenters. The molecule has 0 amide bonds. The van der Waals surface area contributed by atoms with Crippen LogP contribution in [0.3, 0.4) is 0 Å². The number of guanidine groups is 1. The summed E-state index contributed by atoms with van der Waals surface area (Å²) in [7, 11) is 3.31. The minimum Gasteiger partial charge on any atom is -0.495 e. The third-order valence-electron chi connectivity index (χ3n) is 4.67. The van der Waals surface area contributed by atoms with Gasteiger partial charge in [-0.1, -0.05) is 60.2 Å². The molecule has 31 heavy (non-hydrogen) atoms. The lowest BCUT2D eigenvalue weighted by molar-refractivity contribution is 0.415. The summed E-state index contributed by atoms with van der Waals surface area (Å²) in [4.78, 5) is 6.94. The first-order valence-electron chi connectivity index (χ1n) is 10.5. The highest BCUT2D eigenvalue weighted by atomic mass is 16.5. The van der Waals surface area contributed by atoms with Gasteiger partial charge in [-0.15, -0.1) is 0 Å². The molecule has 0 atom stereocenters. The zero-order valence-electron chi connectivity index (χ0n) is 19.1. The molecule has 0 aliphatic heterocycles. The largest absolute Gasteiger partial charge is 0.495 e. The number of rotatable bonds is 6. The summed E-state index contributed by atoms with van der Waals surface area (Å²) in [5.74, 6) is 2.27. The number of methoxy groups -OCH3 is 2. The number of benzene rings is 3. The molecule has 0 fully saturated rings.